The number of hydrogen-bond acceptors (Lipinski definition) is 2. The van der Waals surface area contributed by atoms with Gasteiger partial charge in [-0.05, 0) is 55.9 Å². The molecule has 156 valence electrons. The van der Waals surface area contributed by atoms with Crippen molar-refractivity contribution in [1.82, 2.24) is 15.2 Å². The first-order chi connectivity index (χ1) is 14.1. The van der Waals surface area contributed by atoms with Crippen LogP contribution in [0.25, 0.3) is 10.9 Å². The Morgan fingerprint density at radius 2 is 1.76 bits per heavy atom. The van der Waals surface area contributed by atoms with Crippen molar-refractivity contribution >= 4 is 34.3 Å². The molecule has 29 heavy (non-hydrogen) atoms. The zero-order chi connectivity index (χ0) is 20.2. The second-order valence-corrected chi connectivity index (χ2v) is 9.05. The first kappa shape index (κ1) is 20.3. The van der Waals surface area contributed by atoms with Gasteiger partial charge in [0.05, 0.1) is 0 Å². The van der Waals surface area contributed by atoms with E-state index in [2.05, 4.69) is 10.3 Å². The molecule has 6 heteroatoms. The van der Waals surface area contributed by atoms with Gasteiger partial charge in [-0.15, -0.1) is 0 Å². The minimum atomic E-state index is 0.0266. The third kappa shape index (κ3) is 5.13. The van der Waals surface area contributed by atoms with Crippen LogP contribution in [-0.2, 0) is 4.79 Å². The van der Waals surface area contributed by atoms with E-state index in [4.69, 9.17) is 11.6 Å². The van der Waals surface area contributed by atoms with Crippen LogP contribution < -0.4 is 5.32 Å². The van der Waals surface area contributed by atoms with Crippen LogP contribution in [0.15, 0.2) is 24.3 Å². The summed E-state index contributed by atoms with van der Waals surface area (Å²) >= 11 is 6.04. The normalized spacial score (nSPS) is 19.3. The Morgan fingerprint density at radius 3 is 2.48 bits per heavy atom. The molecule has 0 radical (unpaired) electrons. The molecule has 2 aliphatic rings. The number of aromatic amines is 1. The fourth-order valence-electron chi connectivity index (χ4n) is 4.70. The van der Waals surface area contributed by atoms with Crippen LogP contribution in [0.3, 0.4) is 0 Å². The lowest BCUT2D eigenvalue weighted by atomic mass is 9.92. The van der Waals surface area contributed by atoms with Gasteiger partial charge in [-0.1, -0.05) is 37.3 Å². The number of carbonyl (C=O) groups is 2. The monoisotopic (exact) mass is 415 g/mol. The molecule has 0 bridgehead atoms. The number of aromatic nitrogens is 1. The maximum atomic E-state index is 12.9. The van der Waals surface area contributed by atoms with Gasteiger partial charge < -0.3 is 15.2 Å². The largest absolute Gasteiger partial charge is 0.353 e. The van der Waals surface area contributed by atoms with Crippen LogP contribution in [-0.4, -0.2) is 40.8 Å². The highest BCUT2D eigenvalue weighted by molar-refractivity contribution is 6.31. The summed E-state index contributed by atoms with van der Waals surface area (Å²) in [5.74, 6) is 0.583. The summed E-state index contributed by atoms with van der Waals surface area (Å²) in [6.07, 6.45) is 9.64. The van der Waals surface area contributed by atoms with Crippen molar-refractivity contribution < 1.29 is 9.59 Å². The Morgan fingerprint density at radius 1 is 1.03 bits per heavy atom. The molecule has 1 aromatic carbocycles. The number of hydrogen-bond donors (Lipinski definition) is 2. The molecule has 1 saturated heterocycles. The molecule has 2 fully saturated rings. The lowest BCUT2D eigenvalue weighted by molar-refractivity contribution is -0.123. The van der Waals surface area contributed by atoms with E-state index in [9.17, 15) is 9.59 Å². The molecule has 0 spiro atoms. The number of nitrogens with zero attached hydrogens (tertiary/aromatic N) is 1. The summed E-state index contributed by atoms with van der Waals surface area (Å²) in [4.78, 5) is 30.4. The molecule has 0 unspecified atom stereocenters. The van der Waals surface area contributed by atoms with Gasteiger partial charge in [0.15, 0.2) is 0 Å². The zero-order valence-corrected chi connectivity index (χ0v) is 17.6. The van der Waals surface area contributed by atoms with Gasteiger partial charge in [0.1, 0.15) is 5.69 Å². The van der Waals surface area contributed by atoms with Crippen molar-refractivity contribution in [3.63, 3.8) is 0 Å². The second-order valence-electron chi connectivity index (χ2n) is 8.61. The average Bonchev–Trinajstić information content (AvgIpc) is 2.96. The van der Waals surface area contributed by atoms with Crippen LogP contribution in [0.4, 0.5) is 0 Å². The van der Waals surface area contributed by atoms with E-state index >= 15 is 0 Å². The minimum absolute atomic E-state index is 0.0266. The third-order valence-electron chi connectivity index (χ3n) is 6.41. The number of benzene rings is 1. The molecule has 4 rings (SSSR count). The van der Waals surface area contributed by atoms with E-state index in [0.717, 1.165) is 36.6 Å². The van der Waals surface area contributed by atoms with Gasteiger partial charge in [0.2, 0.25) is 5.91 Å². The van der Waals surface area contributed by atoms with Crippen LogP contribution in [0.1, 0.15) is 68.3 Å². The molecule has 2 amide bonds. The quantitative estimate of drug-likeness (QED) is 0.697. The molecule has 2 heterocycles. The summed E-state index contributed by atoms with van der Waals surface area (Å²) in [5.41, 5.74) is 1.52. The topological polar surface area (TPSA) is 65.2 Å². The van der Waals surface area contributed by atoms with Gasteiger partial charge in [0.25, 0.3) is 5.91 Å². The summed E-state index contributed by atoms with van der Waals surface area (Å²) in [7, 11) is 0. The van der Waals surface area contributed by atoms with E-state index < -0.39 is 0 Å². The third-order valence-corrected chi connectivity index (χ3v) is 6.64. The van der Waals surface area contributed by atoms with Gasteiger partial charge >= 0.3 is 0 Å². The number of carbonyl (C=O) groups excluding carboxylic acids is 2. The van der Waals surface area contributed by atoms with Crippen LogP contribution >= 0.6 is 11.6 Å². The predicted molar refractivity (Wildman–Crippen MR) is 116 cm³/mol. The molecular weight excluding hydrogens is 386 g/mol. The van der Waals surface area contributed by atoms with E-state index in [0.29, 0.717) is 42.2 Å². The number of piperidine rings is 1. The van der Waals surface area contributed by atoms with Crippen LogP contribution in [0.5, 0.6) is 0 Å². The van der Waals surface area contributed by atoms with Crippen LogP contribution in [0.2, 0.25) is 5.02 Å². The molecular formula is C23H30ClN3O2. The average molecular weight is 416 g/mol. The Hall–Kier alpha value is -2.01. The highest BCUT2D eigenvalue weighted by Crippen LogP contribution is 2.25. The zero-order valence-electron chi connectivity index (χ0n) is 16.9. The van der Waals surface area contributed by atoms with Crippen molar-refractivity contribution in [2.75, 3.05) is 13.1 Å². The molecule has 0 atom stereocenters. The highest BCUT2D eigenvalue weighted by Gasteiger charge is 2.26. The first-order valence-corrected chi connectivity index (χ1v) is 11.3. The summed E-state index contributed by atoms with van der Waals surface area (Å²) in [6, 6.07) is 7.81. The number of halogens is 1. The number of H-pyrrole nitrogens is 1. The smallest absolute Gasteiger partial charge is 0.270 e. The van der Waals surface area contributed by atoms with E-state index in [-0.39, 0.29) is 11.8 Å². The Bertz CT molecular complexity index is 862. The minimum Gasteiger partial charge on any atom is -0.353 e. The highest BCUT2D eigenvalue weighted by atomic mass is 35.5. The van der Waals surface area contributed by atoms with Gasteiger partial charge in [0, 0.05) is 41.5 Å². The van der Waals surface area contributed by atoms with Gasteiger partial charge in [-0.2, -0.15) is 0 Å². The van der Waals surface area contributed by atoms with Crippen molar-refractivity contribution in [3.8, 4) is 0 Å². The fourth-order valence-corrected chi connectivity index (χ4v) is 4.88. The second kappa shape index (κ2) is 9.21. The Kier molecular flexibility index (Phi) is 6.43. The summed E-state index contributed by atoms with van der Waals surface area (Å²) in [5, 5.41) is 4.87. The number of amides is 2. The number of likely N-dealkylation sites (tertiary alicyclic amines) is 1. The molecule has 1 aliphatic carbocycles. The number of fused-ring (bicyclic) bond motifs is 1. The van der Waals surface area contributed by atoms with Crippen molar-refractivity contribution in [2.24, 2.45) is 5.92 Å². The van der Waals surface area contributed by atoms with E-state index in [1.54, 1.807) is 0 Å². The SMILES string of the molecule is O=C(CC1CCN(C(=O)c2cc3cc(Cl)ccc3[nH]2)CC1)NC1CCCCCC1. The standard InChI is InChI=1S/C23H30ClN3O2/c24-18-7-8-20-17(14-18)15-21(26-20)23(29)27-11-9-16(10-12-27)13-22(28)25-19-5-3-1-2-4-6-19/h7-8,14-16,19,26H,1-6,9-13H2,(H,25,28). The lowest BCUT2D eigenvalue weighted by Crippen LogP contribution is -2.41. The van der Waals surface area contributed by atoms with E-state index in [1.807, 2.05) is 29.2 Å². The first-order valence-electron chi connectivity index (χ1n) is 11.0. The Balaban J connectivity index is 1.27. The maximum Gasteiger partial charge on any atom is 0.270 e. The molecule has 1 aliphatic heterocycles. The van der Waals surface area contributed by atoms with Gasteiger partial charge in [-0.25, -0.2) is 0 Å². The maximum absolute atomic E-state index is 12.9. The van der Waals surface area contributed by atoms with E-state index in [1.165, 1.54) is 25.7 Å². The number of nitrogens with one attached hydrogen (secondary N) is 2. The summed E-state index contributed by atoms with van der Waals surface area (Å²) < 4.78 is 0. The van der Waals surface area contributed by atoms with Crippen molar-refractivity contribution in [3.05, 3.63) is 35.0 Å². The summed E-state index contributed by atoms with van der Waals surface area (Å²) in [6.45, 7) is 1.41. The van der Waals surface area contributed by atoms with Crippen molar-refractivity contribution in [2.45, 2.75) is 63.8 Å². The van der Waals surface area contributed by atoms with Crippen molar-refractivity contribution in [1.29, 1.82) is 0 Å². The molecule has 5 nitrogen and oxygen atoms in total. The lowest BCUT2D eigenvalue weighted by Gasteiger charge is -2.31. The molecule has 1 aromatic heterocycles. The molecule has 2 aromatic rings. The Labute approximate surface area is 177 Å². The molecule has 2 N–H and O–H groups in total. The number of rotatable bonds is 4. The predicted octanol–water partition coefficient (Wildman–Crippen LogP) is 4.90. The van der Waals surface area contributed by atoms with Crippen LogP contribution in [0, 0.1) is 5.92 Å². The molecule has 1 saturated carbocycles. The fraction of sp³-hybridized carbons (Fsp3) is 0.565. The van der Waals surface area contributed by atoms with Gasteiger partial charge in [-0.3, -0.25) is 9.59 Å².